The molecule has 1 aliphatic rings. The van der Waals surface area contributed by atoms with Gasteiger partial charge in [0.1, 0.15) is 0 Å². The maximum atomic E-state index is 9.64. The second kappa shape index (κ2) is 8.40. The third-order valence-corrected chi connectivity index (χ3v) is 4.68. The van der Waals surface area contributed by atoms with Gasteiger partial charge in [0.2, 0.25) is 0 Å². The predicted octanol–water partition coefficient (Wildman–Crippen LogP) is 1.75. The fourth-order valence-electron chi connectivity index (χ4n) is 3.44. The molecule has 1 fully saturated rings. The molecule has 0 aliphatic carbocycles. The molecule has 1 atom stereocenters. The molecular formula is C20H26N2O2. The molecule has 1 aliphatic heterocycles. The molecule has 128 valence electrons. The Bertz CT molecular complexity index is 558. The number of rotatable bonds is 6. The average molecular weight is 326 g/mol. The molecule has 24 heavy (non-hydrogen) atoms. The largest absolute Gasteiger partial charge is 0.394 e. The molecule has 4 heteroatoms. The Labute approximate surface area is 144 Å². The first-order valence-corrected chi connectivity index (χ1v) is 8.63. The Hall–Kier alpha value is -1.72. The first kappa shape index (κ1) is 17.1. The molecule has 0 saturated carbocycles. The van der Waals surface area contributed by atoms with Crippen molar-refractivity contribution < 1.29 is 10.2 Å². The van der Waals surface area contributed by atoms with Gasteiger partial charge in [0.05, 0.1) is 18.8 Å². The van der Waals surface area contributed by atoms with Crippen molar-refractivity contribution in [3.63, 3.8) is 0 Å². The summed E-state index contributed by atoms with van der Waals surface area (Å²) < 4.78 is 0. The minimum atomic E-state index is -0.643. The summed E-state index contributed by atoms with van der Waals surface area (Å²) in [5.74, 6) is 0. The van der Waals surface area contributed by atoms with Gasteiger partial charge in [-0.2, -0.15) is 0 Å². The van der Waals surface area contributed by atoms with E-state index in [4.69, 9.17) is 5.11 Å². The number of benzene rings is 2. The Morgan fingerprint density at radius 2 is 1.29 bits per heavy atom. The molecular weight excluding hydrogens is 300 g/mol. The third kappa shape index (κ3) is 4.22. The van der Waals surface area contributed by atoms with E-state index in [2.05, 4.69) is 70.5 Å². The third-order valence-electron chi connectivity index (χ3n) is 4.68. The van der Waals surface area contributed by atoms with E-state index in [1.165, 1.54) is 11.1 Å². The van der Waals surface area contributed by atoms with Crippen molar-refractivity contribution in [3.8, 4) is 0 Å². The second-order valence-electron chi connectivity index (χ2n) is 6.40. The molecule has 0 aromatic heterocycles. The first-order valence-electron chi connectivity index (χ1n) is 8.63. The van der Waals surface area contributed by atoms with Crippen LogP contribution < -0.4 is 0 Å². The van der Waals surface area contributed by atoms with Crippen LogP contribution in [0.25, 0.3) is 0 Å². The van der Waals surface area contributed by atoms with Crippen LogP contribution in [0.1, 0.15) is 17.2 Å². The molecule has 0 radical (unpaired) electrons. The van der Waals surface area contributed by atoms with Gasteiger partial charge in [-0.05, 0) is 11.1 Å². The summed E-state index contributed by atoms with van der Waals surface area (Å²) >= 11 is 0. The normalized spacial score (nSPS) is 18.0. The van der Waals surface area contributed by atoms with Crippen LogP contribution in [0, 0.1) is 0 Å². The fraction of sp³-hybridized carbons (Fsp3) is 0.400. The van der Waals surface area contributed by atoms with E-state index in [0.29, 0.717) is 6.54 Å². The Balaban J connectivity index is 1.74. The monoisotopic (exact) mass is 326 g/mol. The van der Waals surface area contributed by atoms with E-state index in [9.17, 15) is 5.11 Å². The van der Waals surface area contributed by atoms with Crippen LogP contribution in [0.3, 0.4) is 0 Å². The Morgan fingerprint density at radius 3 is 1.75 bits per heavy atom. The van der Waals surface area contributed by atoms with Crippen LogP contribution in [0.2, 0.25) is 0 Å². The molecule has 2 aromatic carbocycles. The topological polar surface area (TPSA) is 46.9 Å². The molecule has 2 aromatic rings. The van der Waals surface area contributed by atoms with Crippen LogP contribution in [-0.2, 0) is 0 Å². The van der Waals surface area contributed by atoms with Crippen LogP contribution in [0.4, 0.5) is 0 Å². The van der Waals surface area contributed by atoms with Crippen LogP contribution >= 0.6 is 0 Å². The summed E-state index contributed by atoms with van der Waals surface area (Å²) in [5, 5.41) is 18.7. The minimum Gasteiger partial charge on any atom is -0.394 e. The summed E-state index contributed by atoms with van der Waals surface area (Å²) in [6.07, 6.45) is -0.643. The second-order valence-corrected chi connectivity index (χ2v) is 6.40. The van der Waals surface area contributed by atoms with E-state index < -0.39 is 6.10 Å². The van der Waals surface area contributed by atoms with Gasteiger partial charge in [-0.1, -0.05) is 60.7 Å². The number of nitrogens with zero attached hydrogens (tertiary/aromatic N) is 2. The molecule has 0 amide bonds. The maximum absolute atomic E-state index is 9.64. The standard InChI is InChI=1S/C20H26N2O2/c23-16-19(24)15-21-11-13-22(14-12-21)20(17-7-3-1-4-8-17)18-9-5-2-6-10-18/h1-10,19-20,23-24H,11-16H2/t19-/m0/s1. The van der Waals surface area contributed by atoms with E-state index in [-0.39, 0.29) is 12.6 Å². The molecule has 0 unspecified atom stereocenters. The van der Waals surface area contributed by atoms with Crippen molar-refractivity contribution in [2.45, 2.75) is 12.1 Å². The van der Waals surface area contributed by atoms with E-state index in [0.717, 1.165) is 26.2 Å². The van der Waals surface area contributed by atoms with Crippen molar-refractivity contribution in [2.75, 3.05) is 39.3 Å². The maximum Gasteiger partial charge on any atom is 0.0897 e. The number of β-amino-alcohol motifs (C(OH)–C–C–N with tert-alkyl or cyclic N) is 1. The highest BCUT2D eigenvalue weighted by Crippen LogP contribution is 2.29. The highest BCUT2D eigenvalue weighted by Gasteiger charge is 2.26. The fourth-order valence-corrected chi connectivity index (χ4v) is 3.44. The molecule has 1 heterocycles. The van der Waals surface area contributed by atoms with Crippen molar-refractivity contribution in [3.05, 3.63) is 71.8 Å². The molecule has 2 N–H and O–H groups in total. The van der Waals surface area contributed by atoms with Gasteiger partial charge in [0.15, 0.2) is 0 Å². The van der Waals surface area contributed by atoms with E-state index >= 15 is 0 Å². The zero-order valence-electron chi connectivity index (χ0n) is 14.0. The highest BCUT2D eigenvalue weighted by molar-refractivity contribution is 5.31. The van der Waals surface area contributed by atoms with Gasteiger partial charge in [0.25, 0.3) is 0 Å². The molecule has 0 bridgehead atoms. The van der Waals surface area contributed by atoms with Crippen molar-refractivity contribution >= 4 is 0 Å². The SMILES string of the molecule is OC[C@@H](O)CN1CCN(C(c2ccccc2)c2ccccc2)CC1. The zero-order chi connectivity index (χ0) is 16.8. The molecule has 0 spiro atoms. The smallest absolute Gasteiger partial charge is 0.0897 e. The van der Waals surface area contributed by atoms with E-state index in [1.54, 1.807) is 0 Å². The number of aliphatic hydroxyl groups excluding tert-OH is 2. The Kier molecular flexibility index (Phi) is 5.99. The van der Waals surface area contributed by atoms with Gasteiger partial charge >= 0.3 is 0 Å². The van der Waals surface area contributed by atoms with Crippen molar-refractivity contribution in [2.24, 2.45) is 0 Å². The Morgan fingerprint density at radius 1 is 0.792 bits per heavy atom. The van der Waals surface area contributed by atoms with Crippen LogP contribution in [-0.4, -0.2) is 65.4 Å². The van der Waals surface area contributed by atoms with Crippen LogP contribution in [0.15, 0.2) is 60.7 Å². The lowest BCUT2D eigenvalue weighted by molar-refractivity contribution is 0.0343. The lowest BCUT2D eigenvalue weighted by atomic mass is 9.96. The van der Waals surface area contributed by atoms with Crippen LogP contribution in [0.5, 0.6) is 0 Å². The first-order chi connectivity index (χ1) is 11.8. The lowest BCUT2D eigenvalue weighted by Crippen LogP contribution is -2.50. The van der Waals surface area contributed by atoms with Crippen molar-refractivity contribution in [1.82, 2.24) is 9.80 Å². The van der Waals surface area contributed by atoms with Gasteiger partial charge in [-0.15, -0.1) is 0 Å². The number of hydrogen-bond donors (Lipinski definition) is 2. The molecule has 4 nitrogen and oxygen atoms in total. The minimum absolute atomic E-state index is 0.170. The average Bonchev–Trinajstić information content (AvgIpc) is 2.65. The van der Waals surface area contributed by atoms with Gasteiger partial charge in [0, 0.05) is 32.7 Å². The van der Waals surface area contributed by atoms with E-state index in [1.807, 2.05) is 0 Å². The summed E-state index contributed by atoms with van der Waals surface area (Å²) in [4.78, 5) is 4.73. The number of aliphatic hydroxyl groups is 2. The molecule has 1 saturated heterocycles. The van der Waals surface area contributed by atoms with Gasteiger partial charge in [-0.3, -0.25) is 9.80 Å². The number of piperazine rings is 1. The predicted molar refractivity (Wildman–Crippen MR) is 95.8 cm³/mol. The molecule has 3 rings (SSSR count). The summed E-state index contributed by atoms with van der Waals surface area (Å²) in [6, 6.07) is 21.5. The quantitative estimate of drug-likeness (QED) is 0.849. The van der Waals surface area contributed by atoms with Crippen molar-refractivity contribution in [1.29, 1.82) is 0 Å². The summed E-state index contributed by atoms with van der Waals surface area (Å²) in [5.41, 5.74) is 2.63. The number of hydrogen-bond acceptors (Lipinski definition) is 4. The summed E-state index contributed by atoms with van der Waals surface area (Å²) in [6.45, 7) is 4.10. The van der Waals surface area contributed by atoms with Gasteiger partial charge < -0.3 is 10.2 Å². The summed E-state index contributed by atoms with van der Waals surface area (Å²) in [7, 11) is 0. The highest BCUT2D eigenvalue weighted by atomic mass is 16.3. The lowest BCUT2D eigenvalue weighted by Gasteiger charge is -2.40. The van der Waals surface area contributed by atoms with Gasteiger partial charge in [-0.25, -0.2) is 0 Å². The zero-order valence-corrected chi connectivity index (χ0v) is 14.0.